The summed E-state index contributed by atoms with van der Waals surface area (Å²) in [6, 6.07) is 0. The van der Waals surface area contributed by atoms with E-state index in [1.165, 1.54) is 6.20 Å². The van der Waals surface area contributed by atoms with Crippen LogP contribution in [0.25, 0.3) is 0 Å². The van der Waals surface area contributed by atoms with Gasteiger partial charge in [-0.3, -0.25) is 9.78 Å². The number of rotatable bonds is 5. The molecule has 0 radical (unpaired) electrons. The van der Waals surface area contributed by atoms with Crippen LogP contribution in [0.15, 0.2) is 6.20 Å². The van der Waals surface area contributed by atoms with Crippen LogP contribution in [-0.4, -0.2) is 17.6 Å². The lowest BCUT2D eigenvalue weighted by Gasteiger charge is -2.12. The second kappa shape index (κ2) is 6.61. The van der Waals surface area contributed by atoms with Gasteiger partial charge < -0.3 is 10.5 Å². The molecule has 4 nitrogen and oxygen atoms in total. The highest BCUT2D eigenvalue weighted by atomic mass is 35.5. The second-order valence-corrected chi connectivity index (χ2v) is 3.82. The second-order valence-electron chi connectivity index (χ2n) is 3.44. The summed E-state index contributed by atoms with van der Waals surface area (Å²) in [4.78, 5) is 15.1. The van der Waals surface area contributed by atoms with Gasteiger partial charge in [-0.15, -0.1) is 0 Å². The van der Waals surface area contributed by atoms with Crippen LogP contribution in [0, 0.1) is 0 Å². The first kappa shape index (κ1) is 14.8. The number of halogens is 3. The van der Waals surface area contributed by atoms with Crippen molar-refractivity contribution in [1.82, 2.24) is 4.98 Å². The normalized spacial score (nSPS) is 10.8. The number of hydrogen-bond donors (Lipinski definition) is 1. The van der Waals surface area contributed by atoms with E-state index in [2.05, 4.69) is 9.72 Å². The van der Waals surface area contributed by atoms with E-state index >= 15 is 0 Å². The number of alkyl halides is 2. The minimum atomic E-state index is -2.82. The number of pyridine rings is 1. The van der Waals surface area contributed by atoms with Crippen molar-refractivity contribution >= 4 is 17.6 Å². The number of hydrogen-bond acceptors (Lipinski definition) is 4. The Kier molecular flexibility index (Phi) is 5.43. The van der Waals surface area contributed by atoms with Crippen molar-refractivity contribution in [2.45, 2.75) is 26.3 Å². The molecule has 1 aromatic heterocycles. The maximum absolute atomic E-state index is 12.9. The number of carbonyl (C=O) groups is 1. The summed E-state index contributed by atoms with van der Waals surface area (Å²) in [5, 5.41) is -0.137. The lowest BCUT2D eigenvalue weighted by molar-refractivity contribution is -0.142. The molecule has 0 aliphatic rings. The predicted molar refractivity (Wildman–Crippen MR) is 62.4 cm³/mol. The third-order valence-corrected chi connectivity index (χ3v) is 2.71. The van der Waals surface area contributed by atoms with Crippen LogP contribution >= 0.6 is 11.6 Å². The monoisotopic (exact) mass is 278 g/mol. The molecule has 1 rings (SSSR count). The molecule has 100 valence electrons. The average molecular weight is 279 g/mol. The molecule has 0 spiro atoms. The van der Waals surface area contributed by atoms with Gasteiger partial charge in [-0.05, 0) is 6.92 Å². The number of nitrogens with two attached hydrogens (primary N) is 1. The molecule has 0 fully saturated rings. The Labute approximate surface area is 108 Å². The van der Waals surface area contributed by atoms with Crippen LogP contribution in [0.2, 0.25) is 5.02 Å². The van der Waals surface area contributed by atoms with E-state index in [1.54, 1.807) is 6.92 Å². The van der Waals surface area contributed by atoms with Gasteiger partial charge >= 0.3 is 5.97 Å². The number of esters is 1. The van der Waals surface area contributed by atoms with Gasteiger partial charge in [0.15, 0.2) is 0 Å². The lowest BCUT2D eigenvalue weighted by Crippen LogP contribution is -2.13. The smallest absolute Gasteiger partial charge is 0.311 e. The molecule has 1 heterocycles. The zero-order valence-corrected chi connectivity index (χ0v) is 10.5. The molecule has 0 saturated carbocycles. The fourth-order valence-electron chi connectivity index (χ4n) is 1.44. The summed E-state index contributed by atoms with van der Waals surface area (Å²) >= 11 is 5.82. The van der Waals surface area contributed by atoms with Crippen molar-refractivity contribution in [2.75, 3.05) is 6.61 Å². The lowest BCUT2D eigenvalue weighted by atomic mass is 10.1. The van der Waals surface area contributed by atoms with Crippen LogP contribution in [0.5, 0.6) is 0 Å². The Morgan fingerprint density at radius 2 is 2.28 bits per heavy atom. The topological polar surface area (TPSA) is 65.2 Å². The van der Waals surface area contributed by atoms with Gasteiger partial charge in [0.25, 0.3) is 6.43 Å². The SMILES string of the molecule is CCOC(=O)Cc1ncc(CN)c(Cl)c1C(F)F. The van der Waals surface area contributed by atoms with Crippen LogP contribution in [-0.2, 0) is 22.5 Å². The van der Waals surface area contributed by atoms with Crippen LogP contribution in [0.3, 0.4) is 0 Å². The Hall–Kier alpha value is -1.27. The molecule has 0 aromatic carbocycles. The van der Waals surface area contributed by atoms with E-state index in [0.717, 1.165) is 0 Å². The zero-order valence-electron chi connectivity index (χ0n) is 9.75. The zero-order chi connectivity index (χ0) is 13.7. The molecule has 0 aliphatic carbocycles. The standard InChI is InChI=1S/C11H13ClF2N2O2/c1-2-18-8(17)3-7-9(11(13)14)10(12)6(4-15)5-16-7/h5,11H,2-4,15H2,1H3. The predicted octanol–water partition coefficient (Wildman–Crippen LogP) is 2.24. The summed E-state index contributed by atoms with van der Waals surface area (Å²) in [5.41, 5.74) is 5.15. The van der Waals surface area contributed by atoms with Crippen molar-refractivity contribution in [3.05, 3.63) is 28.0 Å². The Bertz CT molecular complexity index is 441. The van der Waals surface area contributed by atoms with E-state index in [9.17, 15) is 13.6 Å². The Morgan fingerprint density at radius 1 is 1.61 bits per heavy atom. The summed E-state index contributed by atoms with van der Waals surface area (Å²) in [6.07, 6.45) is -1.86. The first-order chi connectivity index (χ1) is 8.51. The molecule has 0 aliphatic heterocycles. The van der Waals surface area contributed by atoms with Gasteiger partial charge in [0.05, 0.1) is 29.3 Å². The molecule has 18 heavy (non-hydrogen) atoms. The van der Waals surface area contributed by atoms with Gasteiger partial charge in [0.1, 0.15) is 0 Å². The van der Waals surface area contributed by atoms with Crippen molar-refractivity contribution in [1.29, 1.82) is 0 Å². The van der Waals surface area contributed by atoms with Crippen molar-refractivity contribution in [3.63, 3.8) is 0 Å². The largest absolute Gasteiger partial charge is 0.466 e. The number of ether oxygens (including phenoxy) is 1. The van der Waals surface area contributed by atoms with Crippen molar-refractivity contribution in [3.8, 4) is 0 Å². The molecule has 0 atom stereocenters. The Morgan fingerprint density at radius 3 is 2.78 bits per heavy atom. The number of carbonyl (C=O) groups excluding carboxylic acids is 1. The molecule has 0 bridgehead atoms. The summed E-state index contributed by atoms with van der Waals surface area (Å²) < 4.78 is 30.5. The van der Waals surface area contributed by atoms with Gasteiger partial charge in [0.2, 0.25) is 0 Å². The highest BCUT2D eigenvalue weighted by molar-refractivity contribution is 6.32. The van der Waals surface area contributed by atoms with Crippen LogP contribution in [0.1, 0.15) is 30.2 Å². The van der Waals surface area contributed by atoms with E-state index in [-0.39, 0.29) is 30.3 Å². The van der Waals surface area contributed by atoms with Crippen LogP contribution < -0.4 is 5.73 Å². The average Bonchev–Trinajstić information content (AvgIpc) is 2.29. The molecule has 0 saturated heterocycles. The number of aromatic nitrogens is 1. The third kappa shape index (κ3) is 3.36. The number of nitrogens with zero attached hydrogens (tertiary/aromatic N) is 1. The molecular formula is C11H13ClF2N2O2. The summed E-state index contributed by atoms with van der Waals surface area (Å²) in [7, 11) is 0. The molecule has 0 unspecified atom stereocenters. The molecule has 1 aromatic rings. The van der Waals surface area contributed by atoms with E-state index in [0.29, 0.717) is 5.56 Å². The first-order valence-electron chi connectivity index (χ1n) is 5.31. The van der Waals surface area contributed by atoms with Gasteiger partial charge in [0, 0.05) is 18.3 Å². The van der Waals surface area contributed by atoms with E-state index in [1.807, 2.05) is 0 Å². The minimum absolute atomic E-state index is 0.00520. The fourth-order valence-corrected chi connectivity index (χ4v) is 1.75. The van der Waals surface area contributed by atoms with Gasteiger partial charge in [-0.2, -0.15) is 0 Å². The first-order valence-corrected chi connectivity index (χ1v) is 5.69. The van der Waals surface area contributed by atoms with Gasteiger partial charge in [-0.1, -0.05) is 11.6 Å². The van der Waals surface area contributed by atoms with Crippen molar-refractivity contribution in [2.24, 2.45) is 5.73 Å². The van der Waals surface area contributed by atoms with Crippen molar-refractivity contribution < 1.29 is 18.3 Å². The maximum Gasteiger partial charge on any atom is 0.311 e. The Balaban J connectivity index is 3.11. The summed E-state index contributed by atoms with van der Waals surface area (Å²) in [6.45, 7) is 1.81. The molecular weight excluding hydrogens is 266 g/mol. The molecule has 7 heteroatoms. The quantitative estimate of drug-likeness (QED) is 0.839. The fraction of sp³-hybridized carbons (Fsp3) is 0.455. The summed E-state index contributed by atoms with van der Waals surface area (Å²) in [5.74, 6) is -0.622. The van der Waals surface area contributed by atoms with Gasteiger partial charge in [-0.25, -0.2) is 8.78 Å². The third-order valence-electron chi connectivity index (χ3n) is 2.26. The van der Waals surface area contributed by atoms with E-state index in [4.69, 9.17) is 17.3 Å². The van der Waals surface area contributed by atoms with E-state index < -0.39 is 18.0 Å². The van der Waals surface area contributed by atoms with Crippen LogP contribution in [0.4, 0.5) is 8.78 Å². The highest BCUT2D eigenvalue weighted by Gasteiger charge is 2.22. The minimum Gasteiger partial charge on any atom is -0.466 e. The molecule has 2 N–H and O–H groups in total. The highest BCUT2D eigenvalue weighted by Crippen LogP contribution is 2.32. The maximum atomic E-state index is 12.9. The molecule has 0 amide bonds.